The van der Waals surface area contributed by atoms with Crippen molar-refractivity contribution < 1.29 is 23.8 Å². The number of carbonyl (C=O) groups is 2. The molecule has 1 unspecified atom stereocenters. The van der Waals surface area contributed by atoms with Crippen LogP contribution in [0, 0.1) is 0 Å². The molecule has 0 bridgehead atoms. The predicted molar refractivity (Wildman–Crippen MR) is 128 cm³/mol. The molecule has 8 heteroatoms. The molecular weight excluding hydrogens is 445 g/mol. The Labute approximate surface area is 193 Å². The lowest BCUT2D eigenvalue weighted by atomic mass is 10.1. The number of thioether (sulfide) groups is 1. The highest BCUT2D eigenvalue weighted by Gasteiger charge is 2.44. The third kappa shape index (κ3) is 7.59. The first-order valence-corrected chi connectivity index (χ1v) is 13.9. The second-order valence-corrected chi connectivity index (χ2v) is 11.8. The molecule has 6 nitrogen and oxygen atoms in total. The van der Waals surface area contributed by atoms with Crippen molar-refractivity contribution in [3.63, 3.8) is 0 Å². The van der Waals surface area contributed by atoms with Gasteiger partial charge in [-0.3, -0.25) is 14.7 Å². The molecule has 1 fully saturated rings. The maximum atomic E-state index is 12.8. The number of unbranched alkanes of at least 4 members (excludes halogenated alkanes) is 1. The van der Waals surface area contributed by atoms with Crippen LogP contribution in [0.4, 0.5) is 0 Å². The summed E-state index contributed by atoms with van der Waals surface area (Å²) in [4.78, 5) is 34.3. The van der Waals surface area contributed by atoms with E-state index in [1.165, 1.54) is 17.3 Å². The van der Waals surface area contributed by atoms with Crippen LogP contribution in [0.5, 0.6) is 0 Å². The molecular formula is C24H30NO5PS. The Morgan fingerprint density at radius 2 is 1.69 bits per heavy atom. The highest BCUT2D eigenvalue weighted by Crippen LogP contribution is 2.42. The number of hydrogen-bond donors (Lipinski definition) is 2. The lowest BCUT2D eigenvalue weighted by Gasteiger charge is -2.26. The Balaban J connectivity index is 1.46. The Morgan fingerprint density at radius 3 is 2.31 bits per heavy atom. The molecule has 1 heterocycles. The minimum atomic E-state index is -3.70. The van der Waals surface area contributed by atoms with Crippen molar-refractivity contribution in [1.82, 2.24) is 5.32 Å². The fourth-order valence-corrected chi connectivity index (χ4v) is 6.29. The lowest BCUT2D eigenvalue weighted by molar-refractivity contribution is -0.160. The van der Waals surface area contributed by atoms with E-state index in [-0.39, 0.29) is 6.16 Å². The van der Waals surface area contributed by atoms with Gasteiger partial charge in [-0.05, 0) is 49.8 Å². The Bertz CT molecular complexity index is 932. The molecule has 0 aromatic heterocycles. The van der Waals surface area contributed by atoms with E-state index in [1.54, 1.807) is 0 Å². The number of rotatable bonds is 11. The van der Waals surface area contributed by atoms with Gasteiger partial charge in [0.05, 0.1) is 0 Å². The molecule has 1 aliphatic heterocycles. The lowest BCUT2D eigenvalue weighted by Crippen LogP contribution is -2.46. The molecule has 2 N–H and O–H groups in total. The number of aryl methyl sites for hydroxylation is 1. The van der Waals surface area contributed by atoms with E-state index in [4.69, 9.17) is 4.74 Å². The fraction of sp³-hybridized carbons (Fsp3) is 0.417. The molecule has 0 spiro atoms. The van der Waals surface area contributed by atoms with Gasteiger partial charge in [0.2, 0.25) is 7.37 Å². The molecule has 0 saturated carbocycles. The summed E-state index contributed by atoms with van der Waals surface area (Å²) in [5.74, 6) is -1.01. The summed E-state index contributed by atoms with van der Waals surface area (Å²) in [6.07, 6.45) is 2.85. The van der Waals surface area contributed by atoms with E-state index in [9.17, 15) is 19.0 Å². The summed E-state index contributed by atoms with van der Waals surface area (Å²) in [7, 11) is -3.70. The zero-order chi connectivity index (χ0) is 22.9. The van der Waals surface area contributed by atoms with Crippen LogP contribution in [0.15, 0.2) is 60.7 Å². The molecule has 0 aliphatic carbocycles. The van der Waals surface area contributed by atoms with Gasteiger partial charge in [-0.25, -0.2) is 4.79 Å². The topological polar surface area (TPSA) is 92.7 Å². The zero-order valence-corrected chi connectivity index (χ0v) is 19.8. The third-order valence-corrected chi connectivity index (χ3v) is 8.68. The maximum absolute atomic E-state index is 12.8. The third-order valence-electron chi connectivity index (χ3n) is 5.42. The van der Waals surface area contributed by atoms with E-state index in [1.807, 2.05) is 60.7 Å². The smallest absolute Gasteiger partial charge is 0.344 e. The van der Waals surface area contributed by atoms with Gasteiger partial charge in [0.1, 0.15) is 6.16 Å². The number of nitrogens with one attached hydrogen (secondary N) is 1. The average molecular weight is 476 g/mol. The standard InChI is InChI=1S/C24H30NO5PS/c26-22(18-31(28,29)17-8-7-12-20-10-3-1-4-11-20)30-23(27)24(15-9-16-25-24)32-19-21-13-5-2-6-14-21/h1-6,10-11,13-14,25H,7-9,12,15-19H2,(H,28,29)/t24-/m1/s1. The van der Waals surface area contributed by atoms with E-state index in [2.05, 4.69) is 5.32 Å². The average Bonchev–Trinajstić information content (AvgIpc) is 3.27. The van der Waals surface area contributed by atoms with Gasteiger partial charge in [-0.2, -0.15) is 0 Å². The van der Waals surface area contributed by atoms with Crippen LogP contribution < -0.4 is 5.32 Å². The second-order valence-electron chi connectivity index (χ2n) is 8.06. The van der Waals surface area contributed by atoms with Gasteiger partial charge in [0.15, 0.2) is 4.87 Å². The van der Waals surface area contributed by atoms with Gasteiger partial charge in [0, 0.05) is 11.9 Å². The molecule has 0 amide bonds. The van der Waals surface area contributed by atoms with Crippen molar-refractivity contribution in [3.05, 3.63) is 71.8 Å². The number of benzene rings is 2. The van der Waals surface area contributed by atoms with E-state index < -0.39 is 30.3 Å². The molecule has 2 aromatic carbocycles. The van der Waals surface area contributed by atoms with Crippen molar-refractivity contribution in [3.8, 4) is 0 Å². The first-order chi connectivity index (χ1) is 15.4. The van der Waals surface area contributed by atoms with Gasteiger partial charge < -0.3 is 9.63 Å². The fourth-order valence-electron chi connectivity index (χ4n) is 3.68. The zero-order valence-electron chi connectivity index (χ0n) is 18.1. The van der Waals surface area contributed by atoms with Crippen molar-refractivity contribution >= 4 is 31.1 Å². The van der Waals surface area contributed by atoms with Crippen molar-refractivity contribution in [1.29, 1.82) is 0 Å². The molecule has 2 aromatic rings. The Kier molecular flexibility index (Phi) is 9.11. The molecule has 2 atom stereocenters. The second kappa shape index (κ2) is 11.8. The normalized spacial score (nSPS) is 19.9. The van der Waals surface area contributed by atoms with Gasteiger partial charge in [-0.15, -0.1) is 11.8 Å². The molecule has 1 aliphatic rings. The SMILES string of the molecule is O=C(CP(=O)(O)CCCCc1ccccc1)OC(=O)[C@]1(SCc2ccccc2)CCCN1. The Morgan fingerprint density at radius 1 is 1.03 bits per heavy atom. The number of carbonyl (C=O) groups excluding carboxylic acids is 2. The summed E-state index contributed by atoms with van der Waals surface area (Å²) < 4.78 is 17.5. The van der Waals surface area contributed by atoms with E-state index in [0.717, 1.165) is 24.8 Å². The number of hydrogen-bond acceptors (Lipinski definition) is 6. The van der Waals surface area contributed by atoms with Crippen LogP contribution in [-0.4, -0.2) is 40.6 Å². The summed E-state index contributed by atoms with van der Waals surface area (Å²) in [6, 6.07) is 19.7. The number of esters is 2. The summed E-state index contributed by atoms with van der Waals surface area (Å²) in [5.41, 5.74) is 2.24. The van der Waals surface area contributed by atoms with Crippen LogP contribution in [0.2, 0.25) is 0 Å². The van der Waals surface area contributed by atoms with Crippen LogP contribution in [0.1, 0.15) is 36.8 Å². The first kappa shape index (κ1) is 24.7. The van der Waals surface area contributed by atoms with Gasteiger partial charge in [0.25, 0.3) is 0 Å². The summed E-state index contributed by atoms with van der Waals surface area (Å²) in [5, 5.41) is 3.17. The van der Waals surface area contributed by atoms with Crippen LogP contribution >= 0.6 is 19.1 Å². The Hall–Kier alpha value is -1.92. The van der Waals surface area contributed by atoms with Gasteiger partial charge in [-0.1, -0.05) is 60.7 Å². The molecule has 3 rings (SSSR count). The summed E-state index contributed by atoms with van der Waals surface area (Å²) >= 11 is 1.40. The first-order valence-electron chi connectivity index (χ1n) is 10.9. The summed E-state index contributed by atoms with van der Waals surface area (Å²) in [6.45, 7) is 0.658. The van der Waals surface area contributed by atoms with Crippen LogP contribution in [-0.2, 0) is 31.1 Å². The molecule has 1 saturated heterocycles. The van der Waals surface area contributed by atoms with E-state index >= 15 is 0 Å². The molecule has 32 heavy (non-hydrogen) atoms. The molecule has 0 radical (unpaired) electrons. The predicted octanol–water partition coefficient (Wildman–Crippen LogP) is 4.36. The van der Waals surface area contributed by atoms with Crippen LogP contribution in [0.3, 0.4) is 0 Å². The number of ether oxygens (including phenoxy) is 1. The highest BCUT2D eigenvalue weighted by molar-refractivity contribution is 8.00. The van der Waals surface area contributed by atoms with Gasteiger partial charge >= 0.3 is 11.9 Å². The van der Waals surface area contributed by atoms with E-state index in [0.29, 0.717) is 25.1 Å². The quantitative estimate of drug-likeness (QED) is 0.216. The van der Waals surface area contributed by atoms with Crippen molar-refractivity contribution in [2.75, 3.05) is 18.9 Å². The highest BCUT2D eigenvalue weighted by atomic mass is 32.2. The molecule has 172 valence electrons. The van der Waals surface area contributed by atoms with Crippen molar-refractivity contribution in [2.45, 2.75) is 42.7 Å². The monoisotopic (exact) mass is 475 g/mol. The largest absolute Gasteiger partial charge is 0.391 e. The van der Waals surface area contributed by atoms with Crippen molar-refractivity contribution in [2.24, 2.45) is 0 Å². The van der Waals surface area contributed by atoms with Crippen LogP contribution in [0.25, 0.3) is 0 Å². The minimum Gasteiger partial charge on any atom is -0.391 e. The maximum Gasteiger partial charge on any atom is 0.344 e. The minimum absolute atomic E-state index is 0.0370.